The SMILES string of the molecule is CCCCc1cc([C@H](N2NC(=O)CC2(C)C)C(F)(F)F)cc2ccccc12. The molecule has 1 saturated heterocycles. The number of rotatable bonds is 5. The van der Waals surface area contributed by atoms with Crippen LogP contribution in [0.3, 0.4) is 0 Å². The standard InChI is InChI=1S/C21H25F3N2O/c1-4-5-8-14-11-16(12-15-9-6-7-10-17(14)15)19(21(22,23)24)26-20(2,3)13-18(27)25-26/h6-7,9-12,19H,4-5,8,13H2,1-3H3,(H,25,27)/t19-/m0/s1. The highest BCUT2D eigenvalue weighted by molar-refractivity contribution is 5.86. The van der Waals surface area contributed by atoms with Crippen LogP contribution in [0.15, 0.2) is 36.4 Å². The molecule has 1 amide bonds. The molecule has 0 spiro atoms. The summed E-state index contributed by atoms with van der Waals surface area (Å²) in [6.45, 7) is 5.37. The lowest BCUT2D eigenvalue weighted by Crippen LogP contribution is -2.51. The van der Waals surface area contributed by atoms with Crippen LogP contribution >= 0.6 is 0 Å². The number of hydrazine groups is 1. The van der Waals surface area contributed by atoms with E-state index in [1.165, 1.54) is 0 Å². The number of hydrogen-bond donors (Lipinski definition) is 1. The van der Waals surface area contributed by atoms with Crippen molar-refractivity contribution in [3.8, 4) is 0 Å². The van der Waals surface area contributed by atoms with E-state index in [2.05, 4.69) is 12.3 Å². The summed E-state index contributed by atoms with van der Waals surface area (Å²) >= 11 is 0. The maximum atomic E-state index is 14.1. The van der Waals surface area contributed by atoms with Gasteiger partial charge in [-0.15, -0.1) is 0 Å². The average molecular weight is 378 g/mol. The molecule has 3 rings (SSSR count). The third kappa shape index (κ3) is 3.95. The highest BCUT2D eigenvalue weighted by atomic mass is 19.4. The van der Waals surface area contributed by atoms with Crippen molar-refractivity contribution in [2.24, 2.45) is 0 Å². The van der Waals surface area contributed by atoms with Crippen molar-refractivity contribution in [2.75, 3.05) is 0 Å². The molecule has 0 aromatic heterocycles. The number of fused-ring (bicyclic) bond motifs is 1. The maximum absolute atomic E-state index is 14.1. The van der Waals surface area contributed by atoms with E-state index in [-0.39, 0.29) is 17.9 Å². The van der Waals surface area contributed by atoms with E-state index in [0.29, 0.717) is 0 Å². The molecule has 0 bridgehead atoms. The summed E-state index contributed by atoms with van der Waals surface area (Å²) < 4.78 is 42.4. The second-order valence-electron chi connectivity index (χ2n) is 7.84. The first kappa shape index (κ1) is 19.7. The summed E-state index contributed by atoms with van der Waals surface area (Å²) in [6, 6.07) is 8.91. The van der Waals surface area contributed by atoms with Gasteiger partial charge in [-0.05, 0) is 54.7 Å². The fourth-order valence-electron chi connectivity index (χ4n) is 3.85. The number of unbranched alkanes of at least 4 members (excludes halogenated alkanes) is 1. The van der Waals surface area contributed by atoms with Crippen LogP contribution in [0, 0.1) is 0 Å². The zero-order valence-corrected chi connectivity index (χ0v) is 15.9. The first-order chi connectivity index (χ1) is 12.6. The van der Waals surface area contributed by atoms with Gasteiger partial charge in [0.15, 0.2) is 6.04 Å². The van der Waals surface area contributed by atoms with Crippen molar-refractivity contribution < 1.29 is 18.0 Å². The van der Waals surface area contributed by atoms with Crippen LogP contribution in [0.1, 0.15) is 57.2 Å². The number of alkyl halides is 3. The van der Waals surface area contributed by atoms with E-state index in [1.807, 2.05) is 24.3 Å². The molecular formula is C21H25F3N2O. The third-order valence-corrected chi connectivity index (χ3v) is 5.14. The Morgan fingerprint density at radius 1 is 1.22 bits per heavy atom. The molecule has 1 heterocycles. The number of nitrogens with one attached hydrogen (secondary N) is 1. The second-order valence-corrected chi connectivity index (χ2v) is 7.84. The van der Waals surface area contributed by atoms with Crippen LogP contribution in [0.2, 0.25) is 0 Å². The summed E-state index contributed by atoms with van der Waals surface area (Å²) in [5, 5.41) is 2.85. The average Bonchev–Trinajstić information content (AvgIpc) is 2.83. The minimum absolute atomic E-state index is 0.0376. The van der Waals surface area contributed by atoms with Gasteiger partial charge in [0.2, 0.25) is 5.91 Å². The zero-order chi connectivity index (χ0) is 19.8. The van der Waals surface area contributed by atoms with Crippen molar-refractivity contribution in [1.82, 2.24) is 10.4 Å². The lowest BCUT2D eigenvalue weighted by molar-refractivity contribution is -0.203. The number of hydrogen-bond acceptors (Lipinski definition) is 2. The molecule has 0 unspecified atom stereocenters. The maximum Gasteiger partial charge on any atom is 0.409 e. The minimum Gasteiger partial charge on any atom is -0.287 e. The largest absolute Gasteiger partial charge is 0.409 e. The van der Waals surface area contributed by atoms with E-state index < -0.39 is 17.8 Å². The number of benzene rings is 2. The molecule has 1 N–H and O–H groups in total. The van der Waals surface area contributed by atoms with Crippen LogP contribution < -0.4 is 5.43 Å². The van der Waals surface area contributed by atoms with Crippen LogP contribution in [0.5, 0.6) is 0 Å². The van der Waals surface area contributed by atoms with E-state index in [4.69, 9.17) is 0 Å². The molecule has 146 valence electrons. The molecular weight excluding hydrogens is 353 g/mol. The predicted octanol–water partition coefficient (Wildman–Crippen LogP) is 5.30. The Kier molecular flexibility index (Phi) is 5.21. The number of aryl methyl sites for hydroxylation is 1. The molecule has 27 heavy (non-hydrogen) atoms. The Balaban J connectivity index is 2.15. The molecule has 0 aliphatic carbocycles. The van der Waals surface area contributed by atoms with Crippen molar-refractivity contribution in [2.45, 2.75) is 64.2 Å². The van der Waals surface area contributed by atoms with Crippen LogP contribution in [-0.4, -0.2) is 22.6 Å². The van der Waals surface area contributed by atoms with Gasteiger partial charge in [-0.1, -0.05) is 43.7 Å². The van der Waals surface area contributed by atoms with Gasteiger partial charge in [-0.2, -0.15) is 18.2 Å². The Morgan fingerprint density at radius 3 is 2.52 bits per heavy atom. The van der Waals surface area contributed by atoms with Crippen molar-refractivity contribution in [3.63, 3.8) is 0 Å². The molecule has 0 radical (unpaired) electrons. The predicted molar refractivity (Wildman–Crippen MR) is 100 cm³/mol. The monoisotopic (exact) mass is 378 g/mol. The molecule has 2 aromatic carbocycles. The molecule has 1 atom stereocenters. The summed E-state index contributed by atoms with van der Waals surface area (Å²) in [5.41, 5.74) is 2.60. The zero-order valence-electron chi connectivity index (χ0n) is 15.9. The molecule has 1 fully saturated rings. The summed E-state index contributed by atoms with van der Waals surface area (Å²) in [7, 11) is 0. The van der Waals surface area contributed by atoms with Crippen molar-refractivity contribution in [3.05, 3.63) is 47.5 Å². The van der Waals surface area contributed by atoms with Crippen LogP contribution in [0.4, 0.5) is 13.2 Å². The van der Waals surface area contributed by atoms with Gasteiger partial charge < -0.3 is 0 Å². The molecule has 6 heteroatoms. The molecule has 2 aromatic rings. The summed E-state index contributed by atoms with van der Waals surface area (Å²) in [4.78, 5) is 11.8. The van der Waals surface area contributed by atoms with Crippen molar-refractivity contribution in [1.29, 1.82) is 0 Å². The quantitative estimate of drug-likeness (QED) is 0.766. The fraction of sp³-hybridized carbons (Fsp3) is 0.476. The Bertz CT molecular complexity index is 845. The lowest BCUT2D eigenvalue weighted by Gasteiger charge is -2.38. The Labute approximate surface area is 157 Å². The molecule has 1 aliphatic rings. The van der Waals surface area contributed by atoms with Gasteiger partial charge in [0.05, 0.1) is 0 Å². The highest BCUT2D eigenvalue weighted by Crippen LogP contribution is 2.43. The summed E-state index contributed by atoms with van der Waals surface area (Å²) in [6.07, 6.45) is -1.87. The van der Waals surface area contributed by atoms with Gasteiger partial charge in [0, 0.05) is 12.0 Å². The number of carbonyl (C=O) groups is 1. The molecule has 0 saturated carbocycles. The Morgan fingerprint density at radius 2 is 1.93 bits per heavy atom. The minimum atomic E-state index is -4.51. The summed E-state index contributed by atoms with van der Waals surface area (Å²) in [5.74, 6) is -0.388. The molecule has 1 aliphatic heterocycles. The van der Waals surface area contributed by atoms with Gasteiger partial charge >= 0.3 is 6.18 Å². The third-order valence-electron chi connectivity index (χ3n) is 5.14. The van der Waals surface area contributed by atoms with Crippen LogP contribution in [-0.2, 0) is 11.2 Å². The number of nitrogens with zero attached hydrogens (tertiary/aromatic N) is 1. The number of carbonyl (C=O) groups excluding carboxylic acids is 1. The van der Waals surface area contributed by atoms with Gasteiger partial charge in [-0.25, -0.2) is 0 Å². The van der Waals surface area contributed by atoms with Gasteiger partial charge in [-0.3, -0.25) is 10.2 Å². The number of amides is 1. The van der Waals surface area contributed by atoms with E-state index >= 15 is 0 Å². The smallest absolute Gasteiger partial charge is 0.287 e. The molecule has 3 nitrogen and oxygen atoms in total. The van der Waals surface area contributed by atoms with E-state index in [9.17, 15) is 18.0 Å². The van der Waals surface area contributed by atoms with Crippen LogP contribution in [0.25, 0.3) is 10.8 Å². The van der Waals surface area contributed by atoms with Crippen molar-refractivity contribution >= 4 is 16.7 Å². The van der Waals surface area contributed by atoms with Gasteiger partial charge in [0.25, 0.3) is 0 Å². The fourth-order valence-corrected chi connectivity index (χ4v) is 3.85. The van der Waals surface area contributed by atoms with E-state index in [0.717, 1.165) is 40.6 Å². The lowest BCUT2D eigenvalue weighted by atomic mass is 9.92. The normalized spacial score (nSPS) is 18.7. The first-order valence-electron chi connectivity index (χ1n) is 9.30. The topological polar surface area (TPSA) is 32.3 Å². The Hall–Kier alpha value is -2.08. The number of halogens is 3. The highest BCUT2D eigenvalue weighted by Gasteiger charge is 2.53. The van der Waals surface area contributed by atoms with Gasteiger partial charge in [0.1, 0.15) is 0 Å². The second kappa shape index (κ2) is 7.15. The van der Waals surface area contributed by atoms with E-state index in [1.54, 1.807) is 26.0 Å². The first-order valence-corrected chi connectivity index (χ1v) is 9.30.